The van der Waals surface area contributed by atoms with Gasteiger partial charge in [0.1, 0.15) is 11.4 Å². The molecule has 188 valence electrons. The van der Waals surface area contributed by atoms with Crippen molar-refractivity contribution in [3.8, 4) is 11.3 Å². The summed E-state index contributed by atoms with van der Waals surface area (Å²) in [5.41, 5.74) is 7.66. The summed E-state index contributed by atoms with van der Waals surface area (Å²) in [6, 6.07) is 0. The third-order valence-corrected chi connectivity index (χ3v) is 7.63. The van der Waals surface area contributed by atoms with Crippen molar-refractivity contribution in [1.82, 2.24) is 24.8 Å². The van der Waals surface area contributed by atoms with Gasteiger partial charge in [-0.1, -0.05) is 0 Å². The summed E-state index contributed by atoms with van der Waals surface area (Å²) in [6.45, 7) is 11.3. The largest absolute Gasteiger partial charge is 0.468 e. The molecule has 2 saturated heterocycles. The summed E-state index contributed by atoms with van der Waals surface area (Å²) < 4.78 is 10.6. The highest BCUT2D eigenvalue weighted by Gasteiger charge is 2.49. The number of nitrogens with two attached hydrogens (primary N) is 1. The molecule has 0 spiro atoms. The Bertz CT molecular complexity index is 1100. The van der Waals surface area contributed by atoms with Crippen LogP contribution in [0.5, 0.6) is 0 Å². The summed E-state index contributed by atoms with van der Waals surface area (Å²) in [4.78, 5) is 37.7. The predicted molar refractivity (Wildman–Crippen MR) is 132 cm³/mol. The molecule has 11 nitrogen and oxygen atoms in total. The smallest absolute Gasteiger partial charge is 0.325 e. The number of methoxy groups -OCH3 is 1. The third kappa shape index (κ3) is 4.16. The molecular formula is C24H34N8O3. The molecular weight excluding hydrogens is 448 g/mol. The molecule has 3 aliphatic heterocycles. The number of carbonyl (C=O) groups excluding carboxylic acids is 1. The lowest BCUT2D eigenvalue weighted by Gasteiger charge is -2.39. The number of esters is 1. The zero-order valence-electron chi connectivity index (χ0n) is 21.0. The van der Waals surface area contributed by atoms with Crippen molar-refractivity contribution in [1.29, 1.82) is 0 Å². The molecule has 2 fully saturated rings. The van der Waals surface area contributed by atoms with Gasteiger partial charge in [-0.2, -0.15) is 4.98 Å². The van der Waals surface area contributed by atoms with Crippen molar-refractivity contribution in [2.24, 2.45) is 0 Å². The number of nitrogen functional groups attached to an aromatic ring is 1. The Morgan fingerprint density at radius 1 is 1.14 bits per heavy atom. The first-order chi connectivity index (χ1) is 16.7. The molecule has 5 rings (SSSR count). The molecule has 2 aromatic rings. The predicted octanol–water partition coefficient (Wildman–Crippen LogP) is 1.13. The Labute approximate surface area is 205 Å². The highest BCUT2D eigenvalue weighted by Crippen LogP contribution is 2.42. The van der Waals surface area contributed by atoms with Crippen molar-refractivity contribution in [3.05, 3.63) is 18.0 Å². The maximum absolute atomic E-state index is 12.5. The van der Waals surface area contributed by atoms with Gasteiger partial charge < -0.3 is 25.0 Å². The van der Waals surface area contributed by atoms with Crippen LogP contribution in [0.4, 0.5) is 17.7 Å². The van der Waals surface area contributed by atoms with Gasteiger partial charge in [-0.15, -0.1) is 0 Å². The average molecular weight is 483 g/mol. The molecule has 35 heavy (non-hydrogen) atoms. The van der Waals surface area contributed by atoms with E-state index in [1.165, 1.54) is 7.11 Å². The first-order valence-corrected chi connectivity index (χ1v) is 12.2. The standard InChI is InChI=1S/C24H34N8O3/c1-23(2,20(33)34-4)31-8-6-24(3,15-31)32-7-5-17-18(16-13-26-21(25)27-14-16)28-22(29-19(17)32)30-9-11-35-12-10-30/h13-14H,5-12,15H2,1-4H3,(H2,25,26,27)/t24-/m0/s1. The Kier molecular flexibility index (Phi) is 6.00. The molecule has 11 heteroatoms. The first-order valence-electron chi connectivity index (χ1n) is 12.2. The van der Waals surface area contributed by atoms with Crippen molar-refractivity contribution in [2.45, 2.75) is 44.7 Å². The molecule has 2 N–H and O–H groups in total. The van der Waals surface area contributed by atoms with Crippen LogP contribution in [0.25, 0.3) is 11.3 Å². The second-order valence-corrected chi connectivity index (χ2v) is 10.2. The van der Waals surface area contributed by atoms with E-state index in [2.05, 4.69) is 31.6 Å². The summed E-state index contributed by atoms with van der Waals surface area (Å²) >= 11 is 0. The van der Waals surface area contributed by atoms with Gasteiger partial charge in [-0.25, -0.2) is 15.0 Å². The Balaban J connectivity index is 1.53. The van der Waals surface area contributed by atoms with Crippen molar-refractivity contribution in [2.75, 3.05) is 68.6 Å². The maximum atomic E-state index is 12.5. The molecule has 5 heterocycles. The van der Waals surface area contributed by atoms with Crippen LogP contribution in [0, 0.1) is 0 Å². The van der Waals surface area contributed by atoms with Gasteiger partial charge in [0.05, 0.1) is 31.6 Å². The molecule has 1 atom stereocenters. The molecule has 3 aliphatic rings. The molecule has 0 aliphatic carbocycles. The Hall–Kier alpha value is -3.05. The minimum Gasteiger partial charge on any atom is -0.468 e. The van der Waals surface area contributed by atoms with Gasteiger partial charge >= 0.3 is 5.97 Å². The number of hydrogen-bond donors (Lipinski definition) is 1. The number of likely N-dealkylation sites (tertiary alicyclic amines) is 1. The lowest BCUT2D eigenvalue weighted by molar-refractivity contribution is -0.152. The van der Waals surface area contributed by atoms with E-state index in [1.807, 2.05) is 13.8 Å². The highest BCUT2D eigenvalue weighted by molar-refractivity contribution is 5.80. The Morgan fingerprint density at radius 2 is 1.86 bits per heavy atom. The molecule has 0 radical (unpaired) electrons. The van der Waals surface area contributed by atoms with E-state index in [0.717, 1.165) is 68.2 Å². The van der Waals surface area contributed by atoms with E-state index >= 15 is 0 Å². The lowest BCUT2D eigenvalue weighted by Crippen LogP contribution is -2.54. The fourth-order valence-electron chi connectivity index (χ4n) is 5.39. The van der Waals surface area contributed by atoms with Crippen molar-refractivity contribution in [3.63, 3.8) is 0 Å². The highest BCUT2D eigenvalue weighted by atomic mass is 16.5. The molecule has 0 unspecified atom stereocenters. The van der Waals surface area contributed by atoms with E-state index in [9.17, 15) is 4.79 Å². The van der Waals surface area contributed by atoms with E-state index < -0.39 is 5.54 Å². The van der Waals surface area contributed by atoms with Crippen LogP contribution in [-0.4, -0.2) is 94.9 Å². The normalized spacial score (nSPS) is 23.0. The minimum absolute atomic E-state index is 0.179. The van der Waals surface area contributed by atoms with E-state index in [0.29, 0.717) is 19.2 Å². The van der Waals surface area contributed by atoms with Gasteiger partial charge in [0, 0.05) is 56.2 Å². The number of aromatic nitrogens is 4. The van der Waals surface area contributed by atoms with Crippen LogP contribution in [-0.2, 0) is 20.7 Å². The fourth-order valence-corrected chi connectivity index (χ4v) is 5.39. The van der Waals surface area contributed by atoms with Gasteiger partial charge in [0.25, 0.3) is 0 Å². The van der Waals surface area contributed by atoms with Crippen LogP contribution in [0.15, 0.2) is 12.4 Å². The van der Waals surface area contributed by atoms with Gasteiger partial charge in [0.15, 0.2) is 0 Å². The average Bonchev–Trinajstić information content (AvgIpc) is 3.49. The number of anilines is 3. The van der Waals surface area contributed by atoms with Crippen LogP contribution in [0.2, 0.25) is 0 Å². The number of ether oxygens (including phenoxy) is 2. The van der Waals surface area contributed by atoms with Crippen LogP contribution >= 0.6 is 0 Å². The molecule has 0 saturated carbocycles. The number of fused-ring (bicyclic) bond motifs is 1. The molecule has 0 bridgehead atoms. The number of rotatable bonds is 5. The van der Waals surface area contributed by atoms with Gasteiger partial charge in [-0.3, -0.25) is 9.69 Å². The number of nitrogens with zero attached hydrogens (tertiary/aromatic N) is 7. The lowest BCUT2D eigenvalue weighted by atomic mass is 9.98. The third-order valence-electron chi connectivity index (χ3n) is 7.63. The summed E-state index contributed by atoms with van der Waals surface area (Å²) in [5, 5.41) is 0. The second-order valence-electron chi connectivity index (χ2n) is 10.2. The monoisotopic (exact) mass is 482 g/mol. The minimum atomic E-state index is -0.688. The Morgan fingerprint density at radius 3 is 2.54 bits per heavy atom. The summed E-state index contributed by atoms with van der Waals surface area (Å²) in [6.07, 6.45) is 5.21. The number of morpholine rings is 1. The molecule has 0 amide bonds. The summed E-state index contributed by atoms with van der Waals surface area (Å²) in [5.74, 6) is 1.67. The van der Waals surface area contributed by atoms with Crippen molar-refractivity contribution >= 4 is 23.7 Å². The van der Waals surface area contributed by atoms with Crippen molar-refractivity contribution < 1.29 is 14.3 Å². The van der Waals surface area contributed by atoms with E-state index in [4.69, 9.17) is 25.2 Å². The van der Waals surface area contributed by atoms with Gasteiger partial charge in [-0.05, 0) is 33.6 Å². The van der Waals surface area contributed by atoms with Crippen LogP contribution in [0.1, 0.15) is 32.8 Å². The quantitative estimate of drug-likeness (QED) is 0.617. The van der Waals surface area contributed by atoms with Crippen LogP contribution in [0.3, 0.4) is 0 Å². The van der Waals surface area contributed by atoms with Crippen LogP contribution < -0.4 is 15.5 Å². The van der Waals surface area contributed by atoms with Gasteiger partial charge in [0.2, 0.25) is 11.9 Å². The zero-order chi connectivity index (χ0) is 24.8. The fraction of sp³-hybridized carbons (Fsp3) is 0.625. The zero-order valence-corrected chi connectivity index (χ0v) is 21.0. The topological polar surface area (TPSA) is 123 Å². The molecule has 0 aromatic carbocycles. The molecule has 2 aromatic heterocycles. The number of hydrogen-bond acceptors (Lipinski definition) is 11. The SMILES string of the molecule is COC(=O)C(C)(C)N1CC[C@](C)(N2CCc3c(-c4cnc(N)nc4)nc(N4CCOCC4)nc32)C1. The second kappa shape index (κ2) is 8.87. The maximum Gasteiger partial charge on any atom is 0.325 e. The summed E-state index contributed by atoms with van der Waals surface area (Å²) in [7, 11) is 1.45. The first kappa shape index (κ1) is 23.7. The van der Waals surface area contributed by atoms with E-state index in [-0.39, 0.29) is 17.5 Å². The number of carbonyl (C=O) groups is 1. The van der Waals surface area contributed by atoms with E-state index in [1.54, 1.807) is 12.4 Å².